The van der Waals surface area contributed by atoms with E-state index in [1.165, 1.54) is 5.56 Å². The lowest BCUT2D eigenvalue weighted by atomic mass is 10.2. The molecule has 6 nitrogen and oxygen atoms in total. The number of carbonyl (C=O) groups excluding carboxylic acids is 1. The Kier molecular flexibility index (Phi) is 4.30. The van der Waals surface area contributed by atoms with Crippen molar-refractivity contribution in [2.45, 2.75) is 25.8 Å². The van der Waals surface area contributed by atoms with E-state index in [0.717, 1.165) is 46.4 Å². The molecule has 1 N–H and O–H groups in total. The van der Waals surface area contributed by atoms with Crippen LogP contribution in [0.5, 0.6) is 0 Å². The largest absolute Gasteiger partial charge is 0.323 e. The van der Waals surface area contributed by atoms with Gasteiger partial charge in [0.15, 0.2) is 0 Å². The Labute approximate surface area is 154 Å². The fourth-order valence-electron chi connectivity index (χ4n) is 3.08. The van der Waals surface area contributed by atoms with E-state index in [1.807, 2.05) is 23.9 Å². The van der Waals surface area contributed by atoms with Crippen LogP contribution in [0.1, 0.15) is 23.4 Å². The van der Waals surface area contributed by atoms with Crippen molar-refractivity contribution in [3.05, 3.63) is 39.8 Å². The minimum atomic E-state index is -0.136. The lowest BCUT2D eigenvalue weighted by molar-refractivity contribution is 0.220. The molecule has 0 radical (unpaired) electrons. The summed E-state index contributed by atoms with van der Waals surface area (Å²) >= 11 is 3.29. The lowest BCUT2D eigenvalue weighted by Crippen LogP contribution is -2.32. The maximum atomic E-state index is 12.6. The van der Waals surface area contributed by atoms with Gasteiger partial charge in [0, 0.05) is 25.0 Å². The Bertz CT molecular complexity index is 896. The van der Waals surface area contributed by atoms with Crippen molar-refractivity contribution < 1.29 is 4.79 Å². The molecule has 0 atom stereocenters. The van der Waals surface area contributed by atoms with Gasteiger partial charge in [0.1, 0.15) is 10.8 Å². The van der Waals surface area contributed by atoms with Crippen LogP contribution in [-0.2, 0) is 26.4 Å². The third-order valence-electron chi connectivity index (χ3n) is 4.32. The van der Waals surface area contributed by atoms with Gasteiger partial charge in [0.25, 0.3) is 0 Å². The molecule has 0 unspecified atom stereocenters. The summed E-state index contributed by atoms with van der Waals surface area (Å²) in [5.74, 6) is 0.821. The minimum Gasteiger partial charge on any atom is -0.322 e. The van der Waals surface area contributed by atoms with E-state index in [9.17, 15) is 4.79 Å². The molecule has 1 aliphatic rings. The fourth-order valence-corrected chi connectivity index (χ4v) is 4.71. The summed E-state index contributed by atoms with van der Waals surface area (Å²) in [6.07, 6.45) is 3.10. The molecule has 130 valence electrons. The number of amides is 2. The van der Waals surface area contributed by atoms with Crippen LogP contribution in [0.4, 0.5) is 10.6 Å². The van der Waals surface area contributed by atoms with Crippen molar-refractivity contribution in [2.75, 3.05) is 12.4 Å². The van der Waals surface area contributed by atoms with Gasteiger partial charge >= 0.3 is 6.03 Å². The number of hydrogen-bond donors (Lipinski definition) is 1. The van der Waals surface area contributed by atoms with E-state index in [0.29, 0.717) is 6.54 Å². The Morgan fingerprint density at radius 1 is 1.40 bits per heavy atom. The molecule has 8 heteroatoms. The van der Waals surface area contributed by atoms with Crippen LogP contribution in [-0.4, -0.2) is 32.7 Å². The Morgan fingerprint density at radius 3 is 3.08 bits per heavy atom. The molecular weight excluding hydrogens is 354 g/mol. The van der Waals surface area contributed by atoms with Gasteiger partial charge in [-0.05, 0) is 30.7 Å². The number of carbonyl (C=O) groups is 1. The maximum absolute atomic E-state index is 12.6. The zero-order valence-corrected chi connectivity index (χ0v) is 15.8. The van der Waals surface area contributed by atoms with Crippen molar-refractivity contribution in [3.8, 4) is 9.88 Å². The lowest BCUT2D eigenvalue weighted by Gasteiger charge is -2.17. The van der Waals surface area contributed by atoms with Crippen LogP contribution in [0.15, 0.2) is 22.9 Å². The van der Waals surface area contributed by atoms with Crippen LogP contribution in [0.25, 0.3) is 9.88 Å². The summed E-state index contributed by atoms with van der Waals surface area (Å²) in [6, 6.07) is 3.95. The number of fused-ring (bicyclic) bond motifs is 1. The van der Waals surface area contributed by atoms with E-state index in [4.69, 9.17) is 0 Å². The second-order valence-electron chi connectivity index (χ2n) is 6.16. The molecule has 25 heavy (non-hydrogen) atoms. The number of urea groups is 1. The number of nitrogens with one attached hydrogen (secondary N) is 1. The molecular formula is C17H19N5OS2. The predicted molar refractivity (Wildman–Crippen MR) is 101 cm³/mol. The summed E-state index contributed by atoms with van der Waals surface area (Å²) < 4.78 is 1.77. The molecule has 0 fully saturated rings. The van der Waals surface area contributed by atoms with Gasteiger partial charge in [-0.2, -0.15) is 5.10 Å². The summed E-state index contributed by atoms with van der Waals surface area (Å²) in [6.45, 7) is 0.480. The molecule has 0 aliphatic heterocycles. The van der Waals surface area contributed by atoms with Crippen molar-refractivity contribution in [2.24, 2.45) is 7.05 Å². The standard InChI is InChI=1S/C17H19N5OS2/c1-21(9-11-10-25-16(18-11)14-7-4-8-24-14)17(23)19-15-12-5-3-6-13(12)20-22(15)2/h4,7-8,10H,3,5-6,9H2,1-2H3,(H,19,23). The molecule has 0 bridgehead atoms. The fraction of sp³-hybridized carbons (Fsp3) is 0.353. The number of rotatable bonds is 4. The Morgan fingerprint density at radius 2 is 2.28 bits per heavy atom. The highest BCUT2D eigenvalue weighted by molar-refractivity contribution is 7.20. The van der Waals surface area contributed by atoms with E-state index in [2.05, 4.69) is 21.5 Å². The predicted octanol–water partition coefficient (Wildman–Crippen LogP) is 3.76. The third-order valence-corrected chi connectivity index (χ3v) is 6.25. The number of nitrogens with zero attached hydrogens (tertiary/aromatic N) is 4. The highest BCUT2D eigenvalue weighted by Crippen LogP contribution is 2.29. The average Bonchev–Trinajstić information content (AvgIpc) is 3.34. The smallest absolute Gasteiger partial charge is 0.322 e. The van der Waals surface area contributed by atoms with Gasteiger partial charge in [-0.3, -0.25) is 10.00 Å². The second kappa shape index (κ2) is 6.61. The third kappa shape index (κ3) is 3.19. The molecule has 0 spiro atoms. The van der Waals surface area contributed by atoms with Crippen molar-refractivity contribution in [1.82, 2.24) is 19.7 Å². The molecule has 0 saturated heterocycles. The molecule has 2 amide bonds. The number of hydrogen-bond acceptors (Lipinski definition) is 5. The molecule has 1 aliphatic carbocycles. The molecule has 4 rings (SSSR count). The van der Waals surface area contributed by atoms with E-state index in [1.54, 1.807) is 39.3 Å². The van der Waals surface area contributed by atoms with E-state index >= 15 is 0 Å². The van der Waals surface area contributed by atoms with Crippen molar-refractivity contribution in [3.63, 3.8) is 0 Å². The van der Waals surface area contributed by atoms with Crippen LogP contribution in [0, 0.1) is 0 Å². The zero-order chi connectivity index (χ0) is 17.4. The highest BCUT2D eigenvalue weighted by Gasteiger charge is 2.23. The van der Waals surface area contributed by atoms with Crippen LogP contribution < -0.4 is 5.32 Å². The van der Waals surface area contributed by atoms with Crippen molar-refractivity contribution >= 4 is 34.5 Å². The summed E-state index contributed by atoms with van der Waals surface area (Å²) in [5.41, 5.74) is 3.19. The average molecular weight is 374 g/mol. The minimum absolute atomic E-state index is 0.136. The van der Waals surface area contributed by atoms with Gasteiger partial charge < -0.3 is 4.90 Å². The number of anilines is 1. The molecule has 0 saturated carbocycles. The first kappa shape index (κ1) is 16.3. The summed E-state index contributed by atoms with van der Waals surface area (Å²) in [4.78, 5) is 20.0. The van der Waals surface area contributed by atoms with Gasteiger partial charge in [-0.25, -0.2) is 9.78 Å². The first-order chi connectivity index (χ1) is 12.1. The Hall–Kier alpha value is -2.19. The number of aromatic nitrogens is 3. The first-order valence-corrected chi connectivity index (χ1v) is 9.93. The van der Waals surface area contributed by atoms with Gasteiger partial charge in [0.05, 0.1) is 22.8 Å². The molecule has 3 aromatic rings. The van der Waals surface area contributed by atoms with E-state index in [-0.39, 0.29) is 6.03 Å². The quantitative estimate of drug-likeness (QED) is 0.757. The first-order valence-electron chi connectivity index (χ1n) is 8.17. The topological polar surface area (TPSA) is 63.1 Å². The number of aryl methyl sites for hydroxylation is 2. The zero-order valence-electron chi connectivity index (χ0n) is 14.2. The van der Waals surface area contributed by atoms with E-state index < -0.39 is 0 Å². The van der Waals surface area contributed by atoms with Crippen LogP contribution >= 0.6 is 22.7 Å². The van der Waals surface area contributed by atoms with Gasteiger partial charge in [0.2, 0.25) is 0 Å². The summed E-state index contributed by atoms with van der Waals surface area (Å²) in [7, 11) is 3.66. The maximum Gasteiger partial charge on any atom is 0.323 e. The van der Waals surface area contributed by atoms with Crippen LogP contribution in [0.3, 0.4) is 0 Å². The number of thiazole rings is 1. The molecule has 0 aromatic carbocycles. The normalized spacial score (nSPS) is 13.0. The van der Waals surface area contributed by atoms with Gasteiger partial charge in [-0.15, -0.1) is 22.7 Å². The van der Waals surface area contributed by atoms with Crippen LogP contribution in [0.2, 0.25) is 0 Å². The van der Waals surface area contributed by atoms with Crippen molar-refractivity contribution in [1.29, 1.82) is 0 Å². The Balaban J connectivity index is 1.43. The molecule has 3 heterocycles. The monoisotopic (exact) mass is 373 g/mol. The van der Waals surface area contributed by atoms with Gasteiger partial charge in [-0.1, -0.05) is 6.07 Å². The second-order valence-corrected chi connectivity index (χ2v) is 7.96. The highest BCUT2D eigenvalue weighted by atomic mass is 32.1. The number of thiophene rings is 1. The SMILES string of the molecule is CN(Cc1csc(-c2cccs2)n1)C(=O)Nc1c2c(nn1C)CCC2. The molecule has 3 aromatic heterocycles. The summed E-state index contributed by atoms with van der Waals surface area (Å²) in [5, 5.41) is 12.6.